The Bertz CT molecular complexity index is 806. The van der Waals surface area contributed by atoms with Crippen LogP contribution in [0.2, 0.25) is 0 Å². The second-order valence-electron chi connectivity index (χ2n) is 4.62. The lowest BCUT2D eigenvalue weighted by atomic mass is 10.2. The highest BCUT2D eigenvalue weighted by Crippen LogP contribution is 2.21. The zero-order valence-corrected chi connectivity index (χ0v) is 11.3. The molecule has 0 amide bonds. The lowest BCUT2D eigenvalue weighted by molar-refractivity contribution is 0.0695. The Hall–Kier alpha value is -2.89. The Kier molecular flexibility index (Phi) is 3.27. The van der Waals surface area contributed by atoms with Crippen molar-refractivity contribution in [1.29, 1.82) is 0 Å². The molecular formula is C15H13N3O3. The molecule has 3 aromatic rings. The molecule has 0 aliphatic heterocycles. The van der Waals surface area contributed by atoms with E-state index in [1.54, 1.807) is 13.1 Å². The first kappa shape index (κ1) is 13.1. The van der Waals surface area contributed by atoms with Gasteiger partial charge in [-0.1, -0.05) is 18.2 Å². The first-order valence-electron chi connectivity index (χ1n) is 6.42. The molecule has 2 aromatic heterocycles. The number of anilines is 1. The van der Waals surface area contributed by atoms with Gasteiger partial charge in [0.05, 0.1) is 23.9 Å². The number of aromatic nitrogens is 2. The van der Waals surface area contributed by atoms with Gasteiger partial charge in [-0.05, 0) is 19.1 Å². The van der Waals surface area contributed by atoms with Gasteiger partial charge in [0.1, 0.15) is 17.1 Å². The summed E-state index contributed by atoms with van der Waals surface area (Å²) in [4.78, 5) is 11.0. The molecule has 0 saturated heterocycles. The van der Waals surface area contributed by atoms with Gasteiger partial charge >= 0.3 is 5.97 Å². The van der Waals surface area contributed by atoms with Crippen LogP contribution < -0.4 is 5.32 Å². The van der Waals surface area contributed by atoms with Gasteiger partial charge in [0.25, 0.3) is 0 Å². The van der Waals surface area contributed by atoms with Crippen LogP contribution in [-0.2, 0) is 6.54 Å². The molecule has 0 bridgehead atoms. The fourth-order valence-corrected chi connectivity index (χ4v) is 2.17. The fraction of sp³-hybridized carbons (Fsp3) is 0.133. The van der Waals surface area contributed by atoms with Crippen molar-refractivity contribution >= 4 is 22.6 Å². The van der Waals surface area contributed by atoms with Crippen molar-refractivity contribution in [3.8, 4) is 0 Å². The van der Waals surface area contributed by atoms with Crippen molar-refractivity contribution in [3.63, 3.8) is 0 Å². The lowest BCUT2D eigenvalue weighted by Crippen LogP contribution is -2.00. The zero-order valence-electron chi connectivity index (χ0n) is 11.3. The quantitative estimate of drug-likeness (QED) is 0.765. The average Bonchev–Trinajstić information content (AvgIpc) is 2.86. The number of carbonyl (C=O) groups is 1. The van der Waals surface area contributed by atoms with Gasteiger partial charge in [0, 0.05) is 5.39 Å². The fourth-order valence-electron chi connectivity index (χ4n) is 2.17. The largest absolute Gasteiger partial charge is 0.478 e. The molecule has 1 aromatic carbocycles. The second kappa shape index (κ2) is 5.24. The normalized spacial score (nSPS) is 10.7. The maximum Gasteiger partial charge on any atom is 0.339 e. The molecule has 3 rings (SSSR count). The van der Waals surface area contributed by atoms with Crippen LogP contribution in [0.4, 0.5) is 5.69 Å². The number of benzene rings is 1. The van der Waals surface area contributed by atoms with E-state index in [0.717, 1.165) is 16.6 Å². The Balaban J connectivity index is 1.84. The Morgan fingerprint density at radius 2 is 2.19 bits per heavy atom. The van der Waals surface area contributed by atoms with Gasteiger partial charge in [0.15, 0.2) is 0 Å². The molecule has 2 N–H and O–H groups in total. The van der Waals surface area contributed by atoms with Crippen molar-refractivity contribution in [2.75, 3.05) is 5.32 Å². The molecule has 0 aliphatic carbocycles. The third-order valence-corrected chi connectivity index (χ3v) is 3.20. The van der Waals surface area contributed by atoms with Gasteiger partial charge in [-0.25, -0.2) is 4.79 Å². The summed E-state index contributed by atoms with van der Waals surface area (Å²) in [6.07, 6.45) is 1.64. The van der Waals surface area contributed by atoms with Crippen LogP contribution in [0.25, 0.3) is 10.9 Å². The molecule has 106 valence electrons. The number of nitrogens with zero attached hydrogens (tertiary/aromatic N) is 2. The summed E-state index contributed by atoms with van der Waals surface area (Å²) >= 11 is 0. The van der Waals surface area contributed by atoms with E-state index in [-0.39, 0.29) is 5.56 Å². The lowest BCUT2D eigenvalue weighted by Gasteiger charge is -2.06. The molecule has 0 radical (unpaired) electrons. The van der Waals surface area contributed by atoms with Crippen molar-refractivity contribution < 1.29 is 14.3 Å². The highest BCUT2D eigenvalue weighted by atomic mass is 16.4. The van der Waals surface area contributed by atoms with E-state index in [1.807, 2.05) is 24.3 Å². The van der Waals surface area contributed by atoms with E-state index in [4.69, 9.17) is 9.52 Å². The maximum atomic E-state index is 11.0. The molecular weight excluding hydrogens is 270 g/mol. The van der Waals surface area contributed by atoms with Crippen LogP contribution in [0.15, 0.2) is 40.9 Å². The standard InChI is InChI=1S/C15H13N3O3/c1-9-12(15(19)20)6-10(21-9)7-16-14-8-17-18-13-5-3-2-4-11(13)14/h2-6,8H,7H2,1H3,(H,16,18)(H,19,20). The Morgan fingerprint density at radius 3 is 2.95 bits per heavy atom. The van der Waals surface area contributed by atoms with Gasteiger partial charge in [-0.15, -0.1) is 0 Å². The number of carboxylic acid groups (broad SMARTS) is 1. The molecule has 0 atom stereocenters. The molecule has 0 aliphatic rings. The minimum Gasteiger partial charge on any atom is -0.478 e. The van der Waals surface area contributed by atoms with Crippen LogP contribution in [-0.4, -0.2) is 21.3 Å². The number of nitrogens with one attached hydrogen (secondary N) is 1. The zero-order chi connectivity index (χ0) is 14.8. The van der Waals surface area contributed by atoms with E-state index < -0.39 is 5.97 Å². The summed E-state index contributed by atoms with van der Waals surface area (Å²) in [7, 11) is 0. The third kappa shape index (κ3) is 2.55. The van der Waals surface area contributed by atoms with Crippen LogP contribution in [0, 0.1) is 6.92 Å². The highest BCUT2D eigenvalue weighted by Gasteiger charge is 2.13. The first-order valence-corrected chi connectivity index (χ1v) is 6.42. The number of furan rings is 1. The molecule has 0 spiro atoms. The molecule has 0 unspecified atom stereocenters. The van der Waals surface area contributed by atoms with Crippen LogP contribution in [0.5, 0.6) is 0 Å². The Labute approximate surface area is 120 Å². The predicted octanol–water partition coefficient (Wildman–Crippen LogP) is 2.84. The molecule has 2 heterocycles. The summed E-state index contributed by atoms with van der Waals surface area (Å²) in [5.74, 6) is -0.0265. The smallest absolute Gasteiger partial charge is 0.339 e. The van der Waals surface area contributed by atoms with Crippen LogP contribution >= 0.6 is 0 Å². The van der Waals surface area contributed by atoms with E-state index in [2.05, 4.69) is 15.5 Å². The summed E-state index contributed by atoms with van der Waals surface area (Å²) in [6, 6.07) is 9.18. The number of fused-ring (bicyclic) bond motifs is 1. The molecule has 0 saturated carbocycles. The van der Waals surface area contributed by atoms with Gasteiger partial charge in [-0.3, -0.25) is 0 Å². The van der Waals surface area contributed by atoms with E-state index >= 15 is 0 Å². The van der Waals surface area contributed by atoms with Gasteiger partial charge in [-0.2, -0.15) is 10.2 Å². The van der Waals surface area contributed by atoms with Crippen molar-refractivity contribution in [2.24, 2.45) is 0 Å². The van der Waals surface area contributed by atoms with Crippen molar-refractivity contribution in [2.45, 2.75) is 13.5 Å². The Morgan fingerprint density at radius 1 is 1.38 bits per heavy atom. The number of hydrogen-bond donors (Lipinski definition) is 2. The summed E-state index contributed by atoms with van der Waals surface area (Å²) < 4.78 is 5.43. The van der Waals surface area contributed by atoms with Gasteiger partial charge in [0.2, 0.25) is 0 Å². The topological polar surface area (TPSA) is 88.3 Å². The predicted molar refractivity (Wildman–Crippen MR) is 77.3 cm³/mol. The average molecular weight is 283 g/mol. The number of aromatic carboxylic acids is 1. The summed E-state index contributed by atoms with van der Waals surface area (Å²) in [5.41, 5.74) is 1.81. The summed E-state index contributed by atoms with van der Waals surface area (Å²) in [6.45, 7) is 2.01. The van der Waals surface area contributed by atoms with Crippen LogP contribution in [0.1, 0.15) is 21.9 Å². The van der Waals surface area contributed by atoms with E-state index in [9.17, 15) is 4.79 Å². The molecule has 6 heteroatoms. The van der Waals surface area contributed by atoms with Crippen molar-refractivity contribution in [3.05, 3.63) is 53.6 Å². The number of carboxylic acids is 1. The number of rotatable bonds is 4. The van der Waals surface area contributed by atoms with E-state index in [1.165, 1.54) is 6.07 Å². The second-order valence-corrected chi connectivity index (χ2v) is 4.62. The van der Waals surface area contributed by atoms with Gasteiger partial charge < -0.3 is 14.8 Å². The highest BCUT2D eigenvalue weighted by molar-refractivity contribution is 5.90. The minimum absolute atomic E-state index is 0.185. The molecule has 21 heavy (non-hydrogen) atoms. The summed E-state index contributed by atoms with van der Waals surface area (Å²) in [5, 5.41) is 21.1. The first-order chi connectivity index (χ1) is 10.1. The number of hydrogen-bond acceptors (Lipinski definition) is 5. The molecule has 6 nitrogen and oxygen atoms in total. The van der Waals surface area contributed by atoms with E-state index in [0.29, 0.717) is 18.1 Å². The molecule has 0 fully saturated rings. The maximum absolute atomic E-state index is 11.0. The number of aryl methyl sites for hydroxylation is 1. The SMILES string of the molecule is Cc1oc(CNc2cnnc3ccccc23)cc1C(=O)O. The van der Waals surface area contributed by atoms with Crippen LogP contribution in [0.3, 0.4) is 0 Å². The minimum atomic E-state index is -0.987. The third-order valence-electron chi connectivity index (χ3n) is 3.20. The monoisotopic (exact) mass is 283 g/mol. The van der Waals surface area contributed by atoms with Crippen molar-refractivity contribution in [1.82, 2.24) is 10.2 Å².